The first kappa shape index (κ1) is 19.9. The van der Waals surface area contributed by atoms with E-state index in [-0.39, 0.29) is 0 Å². The van der Waals surface area contributed by atoms with Gasteiger partial charge in [0.2, 0.25) is 0 Å². The summed E-state index contributed by atoms with van der Waals surface area (Å²) in [4.78, 5) is 12.0. The molecule has 3 fully saturated rings. The number of hydrogen-bond acceptors (Lipinski definition) is 2. The van der Waals surface area contributed by atoms with E-state index in [0.717, 1.165) is 36.5 Å². The van der Waals surface area contributed by atoms with Crippen molar-refractivity contribution in [2.24, 2.45) is 34.5 Å². The molecule has 0 bridgehead atoms. The van der Waals surface area contributed by atoms with Gasteiger partial charge in [-0.15, -0.1) is 0 Å². The summed E-state index contributed by atoms with van der Waals surface area (Å²) in [6, 6.07) is 0. The van der Waals surface area contributed by atoms with Crippen LogP contribution >= 0.6 is 0 Å². The molecule has 0 spiro atoms. The van der Waals surface area contributed by atoms with Gasteiger partial charge in [0, 0.05) is 12.5 Å². The maximum Gasteiger partial charge on any atom is 0.184 e. The molecule has 7 atom stereocenters. The molecular weight excluding hydrogens is 348 g/mol. The van der Waals surface area contributed by atoms with Crippen LogP contribution in [0, 0.1) is 34.5 Å². The molecule has 0 aromatic heterocycles. The summed E-state index contributed by atoms with van der Waals surface area (Å²) in [5.41, 5.74) is 2.26. The predicted molar refractivity (Wildman–Crippen MR) is 114 cm³/mol. The van der Waals surface area contributed by atoms with Gasteiger partial charge in [0.05, 0.1) is 0 Å². The standard InChI is InChI=1S/C24H40O2Si/c1-16(26-27(4,5)6)20-9-10-21-19-8-7-17-15-18(25)11-13-23(17,2)22(19)12-14-24(20,21)3/h15-16,19-22H,7-14H2,1-6H3/t16-,19+,20-,21+,22+,23+,24-/m1/s1. The summed E-state index contributed by atoms with van der Waals surface area (Å²) in [7, 11) is -1.49. The third-order valence-electron chi connectivity index (χ3n) is 9.14. The molecule has 27 heavy (non-hydrogen) atoms. The topological polar surface area (TPSA) is 26.3 Å². The second-order valence-electron chi connectivity index (χ2n) is 11.6. The molecule has 152 valence electrons. The second kappa shape index (κ2) is 6.55. The van der Waals surface area contributed by atoms with Gasteiger partial charge in [-0.1, -0.05) is 19.4 Å². The van der Waals surface area contributed by atoms with Gasteiger partial charge in [0.15, 0.2) is 14.1 Å². The minimum Gasteiger partial charge on any atom is -0.415 e. The fourth-order valence-corrected chi connectivity index (χ4v) is 9.29. The Balaban J connectivity index is 1.57. The average Bonchev–Trinajstić information content (AvgIpc) is 2.91. The van der Waals surface area contributed by atoms with Gasteiger partial charge in [0.1, 0.15) is 0 Å². The van der Waals surface area contributed by atoms with Crippen LogP contribution in [-0.2, 0) is 9.22 Å². The van der Waals surface area contributed by atoms with Crippen LogP contribution in [0.25, 0.3) is 0 Å². The largest absolute Gasteiger partial charge is 0.415 e. The zero-order valence-electron chi connectivity index (χ0n) is 18.4. The fourth-order valence-electron chi connectivity index (χ4n) is 8.01. The van der Waals surface area contributed by atoms with E-state index >= 15 is 0 Å². The molecule has 4 aliphatic carbocycles. The molecule has 3 heteroatoms. The summed E-state index contributed by atoms with van der Waals surface area (Å²) in [6.45, 7) is 14.4. The van der Waals surface area contributed by atoms with E-state index in [0.29, 0.717) is 22.7 Å². The number of fused-ring (bicyclic) bond motifs is 5. The summed E-state index contributed by atoms with van der Waals surface area (Å²) >= 11 is 0. The molecule has 4 rings (SSSR count). The van der Waals surface area contributed by atoms with Crippen molar-refractivity contribution < 1.29 is 9.22 Å². The van der Waals surface area contributed by atoms with Gasteiger partial charge in [0.25, 0.3) is 0 Å². The predicted octanol–water partition coefficient (Wildman–Crippen LogP) is 6.37. The highest BCUT2D eigenvalue weighted by atomic mass is 28.4. The Morgan fingerprint density at radius 3 is 2.48 bits per heavy atom. The summed E-state index contributed by atoms with van der Waals surface area (Å²) in [6.07, 6.45) is 12.3. The summed E-state index contributed by atoms with van der Waals surface area (Å²) in [5.74, 6) is 3.64. The lowest BCUT2D eigenvalue weighted by Crippen LogP contribution is -2.51. The third kappa shape index (κ3) is 3.21. The summed E-state index contributed by atoms with van der Waals surface area (Å²) < 4.78 is 6.58. The molecule has 0 aliphatic heterocycles. The van der Waals surface area contributed by atoms with Crippen LogP contribution in [0.2, 0.25) is 19.6 Å². The number of rotatable bonds is 3. The molecule has 0 amide bonds. The SMILES string of the molecule is C[C@@H](O[Si](C)(C)C)[C@H]1CC[C@H]2[C@@H]3CCC4=CC(=O)CC[C@]4(C)[C@H]3CC[C@]12C. The van der Waals surface area contributed by atoms with E-state index in [1.807, 2.05) is 6.08 Å². The molecule has 0 aromatic carbocycles. The monoisotopic (exact) mass is 388 g/mol. The third-order valence-corrected chi connectivity index (χ3v) is 10.2. The van der Waals surface area contributed by atoms with Crippen molar-refractivity contribution in [1.29, 1.82) is 0 Å². The van der Waals surface area contributed by atoms with Crippen LogP contribution in [0.3, 0.4) is 0 Å². The highest BCUT2D eigenvalue weighted by Gasteiger charge is 2.59. The zero-order valence-corrected chi connectivity index (χ0v) is 19.4. The van der Waals surface area contributed by atoms with Crippen LogP contribution in [-0.4, -0.2) is 20.2 Å². The highest BCUT2D eigenvalue weighted by molar-refractivity contribution is 6.69. The molecule has 0 radical (unpaired) electrons. The molecule has 3 saturated carbocycles. The summed E-state index contributed by atoms with van der Waals surface area (Å²) in [5, 5.41) is 0. The Morgan fingerprint density at radius 1 is 1.04 bits per heavy atom. The van der Waals surface area contributed by atoms with Gasteiger partial charge < -0.3 is 4.43 Å². The van der Waals surface area contributed by atoms with Crippen molar-refractivity contribution >= 4 is 14.1 Å². The minimum atomic E-state index is -1.49. The number of allylic oxidation sites excluding steroid dienone is 1. The Morgan fingerprint density at radius 2 is 1.78 bits per heavy atom. The van der Waals surface area contributed by atoms with Gasteiger partial charge in [-0.3, -0.25) is 4.79 Å². The van der Waals surface area contributed by atoms with E-state index < -0.39 is 8.32 Å². The van der Waals surface area contributed by atoms with E-state index in [9.17, 15) is 4.79 Å². The van der Waals surface area contributed by atoms with E-state index in [2.05, 4.69) is 40.4 Å². The van der Waals surface area contributed by atoms with Gasteiger partial charge >= 0.3 is 0 Å². The maximum atomic E-state index is 12.0. The van der Waals surface area contributed by atoms with Crippen molar-refractivity contribution in [3.63, 3.8) is 0 Å². The lowest BCUT2D eigenvalue weighted by atomic mass is 9.46. The number of carbonyl (C=O) groups excluding carboxylic acids is 1. The Hall–Kier alpha value is -0.413. The first-order valence-electron chi connectivity index (χ1n) is 11.5. The van der Waals surface area contributed by atoms with Gasteiger partial charge in [-0.05, 0) is 112 Å². The smallest absolute Gasteiger partial charge is 0.184 e. The molecule has 0 aromatic rings. The van der Waals surface area contributed by atoms with Crippen molar-refractivity contribution in [2.75, 3.05) is 0 Å². The number of carbonyl (C=O) groups is 1. The molecule has 0 unspecified atom stereocenters. The van der Waals surface area contributed by atoms with Crippen molar-refractivity contribution in [3.05, 3.63) is 11.6 Å². The fraction of sp³-hybridized carbons (Fsp3) is 0.875. The second-order valence-corrected chi connectivity index (χ2v) is 16.1. The van der Waals surface area contributed by atoms with Crippen molar-refractivity contribution in [1.82, 2.24) is 0 Å². The molecular formula is C24H40O2Si. The van der Waals surface area contributed by atoms with Crippen LogP contribution in [0.1, 0.15) is 72.1 Å². The highest BCUT2D eigenvalue weighted by Crippen LogP contribution is 2.67. The molecule has 4 aliphatic rings. The Kier molecular flexibility index (Phi) is 4.83. The molecule has 0 saturated heterocycles. The van der Waals surface area contributed by atoms with E-state index in [4.69, 9.17) is 4.43 Å². The Labute approximate surface area is 167 Å². The lowest BCUT2D eigenvalue weighted by molar-refractivity contribution is -0.117. The molecule has 0 N–H and O–H groups in total. The minimum absolute atomic E-state index is 0.302. The molecule has 0 heterocycles. The van der Waals surface area contributed by atoms with Crippen molar-refractivity contribution in [2.45, 2.75) is 97.9 Å². The average molecular weight is 389 g/mol. The number of ketones is 1. The molecule has 2 nitrogen and oxygen atoms in total. The Bertz CT molecular complexity index is 647. The van der Waals surface area contributed by atoms with Gasteiger partial charge in [-0.25, -0.2) is 0 Å². The van der Waals surface area contributed by atoms with E-state index in [1.165, 1.54) is 44.1 Å². The van der Waals surface area contributed by atoms with E-state index in [1.54, 1.807) is 0 Å². The van der Waals surface area contributed by atoms with Crippen molar-refractivity contribution in [3.8, 4) is 0 Å². The van der Waals surface area contributed by atoms with Crippen LogP contribution in [0.5, 0.6) is 0 Å². The van der Waals surface area contributed by atoms with Crippen LogP contribution in [0.15, 0.2) is 11.6 Å². The normalized spacial score (nSPS) is 45.6. The van der Waals surface area contributed by atoms with Crippen LogP contribution in [0.4, 0.5) is 0 Å². The number of hydrogen-bond donors (Lipinski definition) is 0. The maximum absolute atomic E-state index is 12.0. The zero-order chi connectivity index (χ0) is 19.6. The lowest BCUT2D eigenvalue weighted by Gasteiger charge is -2.58. The van der Waals surface area contributed by atoms with Crippen LogP contribution < -0.4 is 0 Å². The quantitative estimate of drug-likeness (QED) is 0.525. The van der Waals surface area contributed by atoms with Gasteiger partial charge in [-0.2, -0.15) is 0 Å². The first-order valence-corrected chi connectivity index (χ1v) is 14.9. The first-order chi connectivity index (χ1) is 12.5.